The fraction of sp³-hybridized carbons (Fsp3) is 0.333. The first-order valence-corrected chi connectivity index (χ1v) is 12.8. The second-order valence-corrected chi connectivity index (χ2v) is 9.66. The molecule has 0 spiro atoms. The molecule has 1 fully saturated rings. The summed E-state index contributed by atoms with van der Waals surface area (Å²) >= 11 is 6.73. The molecule has 1 atom stereocenters. The molecule has 1 saturated heterocycles. The van der Waals surface area contributed by atoms with E-state index in [1.54, 1.807) is 35.3 Å². The number of fused-ring (bicyclic) bond motifs is 1. The summed E-state index contributed by atoms with van der Waals surface area (Å²) in [5, 5.41) is 7.17. The highest BCUT2D eigenvalue weighted by Gasteiger charge is 2.21. The molecule has 1 aromatic carbocycles. The van der Waals surface area contributed by atoms with Gasteiger partial charge in [0.2, 0.25) is 11.9 Å². The van der Waals surface area contributed by atoms with Gasteiger partial charge in [-0.3, -0.25) is 19.1 Å². The molecule has 5 rings (SSSR count). The Kier molecular flexibility index (Phi) is 7.14. The number of piperidine rings is 1. The molecule has 1 aliphatic heterocycles. The monoisotopic (exact) mass is 517 g/mol. The van der Waals surface area contributed by atoms with Crippen molar-refractivity contribution in [2.45, 2.75) is 39.7 Å². The van der Waals surface area contributed by atoms with Gasteiger partial charge in [-0.1, -0.05) is 23.7 Å². The Bertz CT molecular complexity index is 1540. The van der Waals surface area contributed by atoms with Gasteiger partial charge in [0, 0.05) is 65.5 Å². The van der Waals surface area contributed by atoms with Gasteiger partial charge in [-0.25, -0.2) is 9.97 Å². The summed E-state index contributed by atoms with van der Waals surface area (Å²) in [6.07, 6.45) is 7.17. The smallest absolute Gasteiger partial charge is 0.260 e. The number of aryl methyl sites for hydroxylation is 2. The van der Waals surface area contributed by atoms with Gasteiger partial charge in [-0.05, 0) is 44.7 Å². The SMILES string of the molecule is CCNc1ncc2cc(-c3ccc(-c4cncc(C)n4)cc3Cl)c(=O)n(CCC3CCNC(=O)C3)c2n1. The molecule has 0 radical (unpaired) electrons. The maximum Gasteiger partial charge on any atom is 0.260 e. The molecule has 37 heavy (non-hydrogen) atoms. The molecular formula is C27H28ClN7O2. The van der Waals surface area contributed by atoms with Crippen LogP contribution in [0, 0.1) is 12.8 Å². The summed E-state index contributed by atoms with van der Waals surface area (Å²) in [6, 6.07) is 7.34. The second kappa shape index (κ2) is 10.6. The number of aromatic nitrogens is 5. The molecule has 0 saturated carbocycles. The summed E-state index contributed by atoms with van der Waals surface area (Å²) in [5.74, 6) is 0.742. The Morgan fingerprint density at radius 3 is 2.76 bits per heavy atom. The van der Waals surface area contributed by atoms with Crippen molar-refractivity contribution in [1.82, 2.24) is 29.8 Å². The van der Waals surface area contributed by atoms with Gasteiger partial charge < -0.3 is 10.6 Å². The summed E-state index contributed by atoms with van der Waals surface area (Å²) < 4.78 is 1.69. The van der Waals surface area contributed by atoms with Gasteiger partial charge in [0.05, 0.1) is 17.6 Å². The standard InChI is InChI=1S/C27H28ClN7O2/c1-3-30-27-32-14-19-11-21(20-5-4-18(12-22(20)28)23-15-29-13-16(2)33-23)26(37)35(25(19)34-27)9-7-17-6-8-31-24(36)10-17/h4-5,11-15,17H,3,6-10H2,1-2H3,(H,31,36)(H,30,32,34). The highest BCUT2D eigenvalue weighted by atomic mass is 35.5. The summed E-state index contributed by atoms with van der Waals surface area (Å²) in [5.41, 5.74) is 3.81. The number of hydrogen-bond acceptors (Lipinski definition) is 7. The molecule has 190 valence electrons. The molecule has 4 aromatic rings. The van der Waals surface area contributed by atoms with Crippen molar-refractivity contribution in [1.29, 1.82) is 0 Å². The molecule has 9 nitrogen and oxygen atoms in total. The minimum absolute atomic E-state index is 0.0594. The van der Waals surface area contributed by atoms with E-state index in [4.69, 9.17) is 11.6 Å². The van der Waals surface area contributed by atoms with Crippen LogP contribution in [0.4, 0.5) is 5.95 Å². The number of nitrogens with zero attached hydrogens (tertiary/aromatic N) is 5. The van der Waals surface area contributed by atoms with Crippen LogP contribution in [0.25, 0.3) is 33.4 Å². The lowest BCUT2D eigenvalue weighted by molar-refractivity contribution is -0.123. The largest absolute Gasteiger partial charge is 0.356 e. The predicted octanol–water partition coefficient (Wildman–Crippen LogP) is 4.23. The van der Waals surface area contributed by atoms with Gasteiger partial charge in [0.15, 0.2) is 0 Å². The van der Waals surface area contributed by atoms with E-state index in [-0.39, 0.29) is 17.4 Å². The van der Waals surface area contributed by atoms with E-state index >= 15 is 0 Å². The van der Waals surface area contributed by atoms with E-state index in [0.717, 1.165) is 23.1 Å². The van der Waals surface area contributed by atoms with Gasteiger partial charge in [-0.2, -0.15) is 4.98 Å². The average molecular weight is 518 g/mol. The molecule has 1 amide bonds. The maximum atomic E-state index is 13.9. The van der Waals surface area contributed by atoms with E-state index in [1.165, 1.54) is 0 Å². The van der Waals surface area contributed by atoms with E-state index in [2.05, 4.69) is 30.6 Å². The van der Waals surface area contributed by atoms with Crippen molar-refractivity contribution in [2.24, 2.45) is 5.92 Å². The molecule has 4 heterocycles. The number of pyridine rings is 1. The Labute approximate surface area is 219 Å². The van der Waals surface area contributed by atoms with Crippen LogP contribution < -0.4 is 16.2 Å². The molecule has 3 aromatic heterocycles. The van der Waals surface area contributed by atoms with Crippen LogP contribution in [0.5, 0.6) is 0 Å². The van der Waals surface area contributed by atoms with Crippen LogP contribution in [0.2, 0.25) is 5.02 Å². The average Bonchev–Trinajstić information content (AvgIpc) is 2.88. The minimum atomic E-state index is -0.182. The summed E-state index contributed by atoms with van der Waals surface area (Å²) in [4.78, 5) is 43.5. The number of anilines is 1. The normalized spacial score (nSPS) is 15.5. The number of carbonyl (C=O) groups is 1. The first kappa shape index (κ1) is 24.8. The van der Waals surface area contributed by atoms with Gasteiger partial charge in [-0.15, -0.1) is 0 Å². The lowest BCUT2D eigenvalue weighted by Crippen LogP contribution is -2.34. The van der Waals surface area contributed by atoms with Crippen molar-refractivity contribution in [3.8, 4) is 22.4 Å². The summed E-state index contributed by atoms with van der Waals surface area (Å²) in [7, 11) is 0. The zero-order valence-corrected chi connectivity index (χ0v) is 21.5. The van der Waals surface area contributed by atoms with Crippen LogP contribution >= 0.6 is 11.6 Å². The Hall–Kier alpha value is -3.85. The lowest BCUT2D eigenvalue weighted by Gasteiger charge is -2.22. The van der Waals surface area contributed by atoms with Crippen LogP contribution in [0.1, 0.15) is 31.9 Å². The van der Waals surface area contributed by atoms with Gasteiger partial charge in [0.1, 0.15) is 5.65 Å². The fourth-order valence-electron chi connectivity index (χ4n) is 4.71. The Morgan fingerprint density at radius 1 is 1.14 bits per heavy atom. The van der Waals surface area contributed by atoms with Crippen molar-refractivity contribution < 1.29 is 4.79 Å². The fourth-order valence-corrected chi connectivity index (χ4v) is 4.99. The van der Waals surface area contributed by atoms with Crippen molar-refractivity contribution >= 4 is 34.5 Å². The molecule has 1 unspecified atom stereocenters. The third-order valence-corrected chi connectivity index (χ3v) is 6.89. The zero-order chi connectivity index (χ0) is 25.9. The molecule has 0 aliphatic carbocycles. The van der Waals surface area contributed by atoms with Crippen molar-refractivity contribution in [3.05, 3.63) is 63.9 Å². The van der Waals surface area contributed by atoms with Crippen LogP contribution in [-0.4, -0.2) is 43.5 Å². The molecule has 0 bridgehead atoms. The number of amides is 1. The number of carbonyl (C=O) groups excluding carboxylic acids is 1. The van der Waals surface area contributed by atoms with Gasteiger partial charge in [0.25, 0.3) is 5.56 Å². The van der Waals surface area contributed by atoms with E-state index in [1.807, 2.05) is 26.0 Å². The van der Waals surface area contributed by atoms with E-state index in [0.29, 0.717) is 65.9 Å². The first-order chi connectivity index (χ1) is 17.9. The molecule has 10 heteroatoms. The highest BCUT2D eigenvalue weighted by molar-refractivity contribution is 6.33. The summed E-state index contributed by atoms with van der Waals surface area (Å²) in [6.45, 7) is 5.62. The van der Waals surface area contributed by atoms with Gasteiger partial charge >= 0.3 is 0 Å². The highest BCUT2D eigenvalue weighted by Crippen LogP contribution is 2.31. The van der Waals surface area contributed by atoms with Crippen molar-refractivity contribution in [3.63, 3.8) is 0 Å². The number of hydrogen-bond donors (Lipinski definition) is 2. The molecule has 1 aliphatic rings. The maximum absolute atomic E-state index is 13.9. The van der Waals surface area contributed by atoms with Crippen LogP contribution in [-0.2, 0) is 11.3 Å². The quantitative estimate of drug-likeness (QED) is 0.377. The Morgan fingerprint density at radius 2 is 2.00 bits per heavy atom. The second-order valence-electron chi connectivity index (χ2n) is 9.26. The van der Waals surface area contributed by atoms with Crippen molar-refractivity contribution in [2.75, 3.05) is 18.4 Å². The number of halogens is 1. The number of nitrogens with one attached hydrogen (secondary N) is 2. The minimum Gasteiger partial charge on any atom is -0.356 e. The number of benzene rings is 1. The number of rotatable bonds is 7. The third kappa shape index (κ3) is 5.32. The van der Waals surface area contributed by atoms with Crippen LogP contribution in [0.15, 0.2) is 47.7 Å². The molecular weight excluding hydrogens is 490 g/mol. The first-order valence-electron chi connectivity index (χ1n) is 12.4. The van der Waals surface area contributed by atoms with E-state index in [9.17, 15) is 9.59 Å². The van der Waals surface area contributed by atoms with E-state index < -0.39 is 0 Å². The third-order valence-electron chi connectivity index (χ3n) is 6.58. The predicted molar refractivity (Wildman–Crippen MR) is 145 cm³/mol. The Balaban J connectivity index is 1.57. The molecule has 2 N–H and O–H groups in total. The lowest BCUT2D eigenvalue weighted by atomic mass is 9.94. The van der Waals surface area contributed by atoms with Crippen LogP contribution in [0.3, 0.4) is 0 Å². The zero-order valence-electron chi connectivity index (χ0n) is 20.8. The topological polar surface area (TPSA) is 115 Å².